The molecule has 0 aromatic heterocycles. The SMILES string of the molecule is C=C(C)C#C[C](=[W])OC. The van der Waals surface area contributed by atoms with E-state index in [2.05, 4.69) is 18.4 Å². The summed E-state index contributed by atoms with van der Waals surface area (Å²) in [6, 6.07) is 0. The van der Waals surface area contributed by atoms with Crippen LogP contribution in [0.1, 0.15) is 6.92 Å². The van der Waals surface area contributed by atoms with E-state index in [0.29, 0.717) is 0 Å². The van der Waals surface area contributed by atoms with Crippen molar-refractivity contribution in [1.82, 2.24) is 0 Å². The van der Waals surface area contributed by atoms with Crippen LogP contribution in [-0.2, 0) is 24.1 Å². The van der Waals surface area contributed by atoms with Crippen molar-refractivity contribution < 1.29 is 24.1 Å². The van der Waals surface area contributed by atoms with Crippen LogP contribution in [0, 0.1) is 11.8 Å². The number of ether oxygens (including phenoxy) is 1. The van der Waals surface area contributed by atoms with E-state index in [-0.39, 0.29) is 0 Å². The van der Waals surface area contributed by atoms with Gasteiger partial charge in [-0.15, -0.1) is 0 Å². The van der Waals surface area contributed by atoms with Crippen LogP contribution < -0.4 is 0 Å². The normalized spacial score (nSPS) is 7.33. The summed E-state index contributed by atoms with van der Waals surface area (Å²) in [6.07, 6.45) is 0. The first-order valence-electron chi connectivity index (χ1n) is 2.42. The quantitative estimate of drug-likeness (QED) is 0.652. The van der Waals surface area contributed by atoms with Gasteiger partial charge in [0.1, 0.15) is 0 Å². The molecule has 0 fully saturated rings. The number of hydrogen-bond donors (Lipinski definition) is 0. The summed E-state index contributed by atoms with van der Waals surface area (Å²) < 4.78 is 5.64. The molecule has 0 aromatic rings. The molecule has 2 heteroatoms. The molecule has 48 valence electrons. The molecule has 0 heterocycles. The van der Waals surface area contributed by atoms with Gasteiger partial charge in [-0.3, -0.25) is 0 Å². The predicted octanol–water partition coefficient (Wildman–Crippen LogP) is 0.889. The Morgan fingerprint density at radius 1 is 1.56 bits per heavy atom. The number of rotatable bonds is 1. The van der Waals surface area contributed by atoms with Crippen molar-refractivity contribution in [3.8, 4) is 11.8 Å². The second kappa shape index (κ2) is 4.67. The average molecular weight is 292 g/mol. The van der Waals surface area contributed by atoms with Crippen LogP contribution in [0.4, 0.5) is 0 Å². The van der Waals surface area contributed by atoms with Gasteiger partial charge in [-0.05, 0) is 0 Å². The molecule has 0 aliphatic rings. The van der Waals surface area contributed by atoms with Gasteiger partial charge in [0, 0.05) is 0 Å². The monoisotopic (exact) mass is 292 g/mol. The summed E-state index contributed by atoms with van der Waals surface area (Å²) in [5.74, 6) is 5.62. The Morgan fingerprint density at radius 2 is 2.11 bits per heavy atom. The Bertz CT molecular complexity index is 183. The van der Waals surface area contributed by atoms with E-state index in [1.54, 1.807) is 7.11 Å². The van der Waals surface area contributed by atoms with Crippen LogP contribution in [0.15, 0.2) is 12.2 Å². The topological polar surface area (TPSA) is 9.23 Å². The van der Waals surface area contributed by atoms with Gasteiger partial charge in [0.15, 0.2) is 0 Å². The van der Waals surface area contributed by atoms with E-state index in [1.165, 1.54) is 19.4 Å². The number of hydrogen-bond acceptors (Lipinski definition) is 1. The van der Waals surface area contributed by atoms with E-state index >= 15 is 0 Å². The van der Waals surface area contributed by atoms with Gasteiger partial charge in [-0.2, -0.15) is 0 Å². The molecule has 0 saturated carbocycles. The van der Waals surface area contributed by atoms with Crippen molar-refractivity contribution in [3.05, 3.63) is 12.2 Å². The van der Waals surface area contributed by atoms with Gasteiger partial charge >= 0.3 is 66.2 Å². The fraction of sp³-hybridized carbons (Fsp3) is 0.286. The average Bonchev–Trinajstić information content (AvgIpc) is 1.83. The van der Waals surface area contributed by atoms with Crippen molar-refractivity contribution in [2.45, 2.75) is 6.92 Å². The summed E-state index contributed by atoms with van der Waals surface area (Å²) in [5, 5.41) is 0. The fourth-order valence-corrected chi connectivity index (χ4v) is 0.392. The first-order chi connectivity index (χ1) is 4.16. The molecule has 9 heavy (non-hydrogen) atoms. The van der Waals surface area contributed by atoms with Crippen LogP contribution in [-0.4, -0.2) is 11.2 Å². The Labute approximate surface area is 66.5 Å². The molecule has 0 bridgehead atoms. The third-order valence-corrected chi connectivity index (χ3v) is 1.53. The predicted molar refractivity (Wildman–Crippen MR) is 34.6 cm³/mol. The van der Waals surface area contributed by atoms with Crippen LogP contribution in [0.3, 0.4) is 0 Å². The number of methoxy groups -OCH3 is 1. The second-order valence-electron chi connectivity index (χ2n) is 1.52. The van der Waals surface area contributed by atoms with Crippen molar-refractivity contribution in [2.75, 3.05) is 7.11 Å². The van der Waals surface area contributed by atoms with Crippen LogP contribution in [0.2, 0.25) is 0 Å². The summed E-state index contributed by atoms with van der Waals surface area (Å²) in [6.45, 7) is 5.49. The Hall–Kier alpha value is -0.182. The molecule has 0 aliphatic carbocycles. The number of allylic oxidation sites excluding steroid dienone is 1. The van der Waals surface area contributed by atoms with Gasteiger partial charge in [0.05, 0.1) is 0 Å². The van der Waals surface area contributed by atoms with Crippen LogP contribution in [0.5, 0.6) is 0 Å². The Kier molecular flexibility index (Phi) is 4.58. The van der Waals surface area contributed by atoms with Crippen molar-refractivity contribution in [1.29, 1.82) is 0 Å². The van der Waals surface area contributed by atoms with Crippen molar-refractivity contribution in [2.24, 2.45) is 0 Å². The zero-order valence-electron chi connectivity index (χ0n) is 5.52. The van der Waals surface area contributed by atoms with Crippen LogP contribution in [0.25, 0.3) is 0 Å². The van der Waals surface area contributed by atoms with Gasteiger partial charge in [-0.1, -0.05) is 0 Å². The molecule has 0 saturated heterocycles. The second-order valence-corrected chi connectivity index (χ2v) is 2.85. The maximum atomic E-state index is 4.84. The van der Waals surface area contributed by atoms with E-state index in [0.717, 1.165) is 9.66 Å². The standard InChI is InChI=1S/C7H8O.W/c1-7(2)5-4-6-8-3;/h1H2,2-3H3;. The summed E-state index contributed by atoms with van der Waals surface area (Å²) >= 11 is 1.25. The van der Waals surface area contributed by atoms with Gasteiger partial charge in [-0.25, -0.2) is 0 Å². The van der Waals surface area contributed by atoms with Gasteiger partial charge < -0.3 is 0 Å². The van der Waals surface area contributed by atoms with E-state index < -0.39 is 0 Å². The van der Waals surface area contributed by atoms with E-state index in [1.807, 2.05) is 6.92 Å². The summed E-state index contributed by atoms with van der Waals surface area (Å²) in [7, 11) is 1.62. The molecule has 0 aromatic carbocycles. The van der Waals surface area contributed by atoms with E-state index in [9.17, 15) is 0 Å². The molecule has 0 unspecified atom stereocenters. The van der Waals surface area contributed by atoms with Gasteiger partial charge in [0.25, 0.3) is 0 Å². The van der Waals surface area contributed by atoms with Gasteiger partial charge in [0.2, 0.25) is 0 Å². The first-order valence-corrected chi connectivity index (χ1v) is 3.89. The minimum atomic E-state index is 0.804. The molecular weight excluding hydrogens is 284 g/mol. The fourth-order valence-electron chi connectivity index (χ4n) is 0.209. The molecule has 0 spiro atoms. The minimum absolute atomic E-state index is 0.804. The molecule has 0 aliphatic heterocycles. The Morgan fingerprint density at radius 3 is 2.44 bits per heavy atom. The molecule has 0 amide bonds. The molecular formula is C7H8OW. The zero-order chi connectivity index (χ0) is 7.28. The Balaban J connectivity index is 3.88. The molecule has 1 nitrogen and oxygen atoms in total. The van der Waals surface area contributed by atoms with E-state index in [4.69, 9.17) is 4.74 Å². The molecule has 0 radical (unpaired) electrons. The van der Waals surface area contributed by atoms with Crippen molar-refractivity contribution >= 4 is 4.08 Å². The van der Waals surface area contributed by atoms with Crippen LogP contribution >= 0.6 is 0 Å². The molecule has 0 rings (SSSR count). The summed E-state index contributed by atoms with van der Waals surface area (Å²) in [4.78, 5) is 0. The third-order valence-electron chi connectivity index (χ3n) is 0.563. The molecule has 0 N–H and O–H groups in total. The summed E-state index contributed by atoms with van der Waals surface area (Å²) in [5.41, 5.74) is 0.866. The maximum absolute atomic E-state index is 4.84. The first kappa shape index (κ1) is 8.82. The molecule has 0 atom stereocenters. The third kappa shape index (κ3) is 5.69. The zero-order valence-corrected chi connectivity index (χ0v) is 8.46. The van der Waals surface area contributed by atoms with Crippen molar-refractivity contribution in [3.63, 3.8) is 0 Å².